The maximum atomic E-state index is 13.0. The molecule has 5 rings (SSSR count). The summed E-state index contributed by atoms with van der Waals surface area (Å²) in [6, 6.07) is 19.0. The summed E-state index contributed by atoms with van der Waals surface area (Å²) in [5, 5.41) is 2.66. The molecule has 0 aliphatic carbocycles. The SMILES string of the molecule is CCn1c2ccc(C(=O)c3ccccc3)cc2c2c3occ(NOC(C)=O)c3ccc21. The first-order valence-electron chi connectivity index (χ1n) is 10.1. The molecule has 0 aliphatic heterocycles. The summed E-state index contributed by atoms with van der Waals surface area (Å²) in [4.78, 5) is 29.1. The zero-order chi connectivity index (χ0) is 21.5. The topological polar surface area (TPSA) is 73.5 Å². The summed E-state index contributed by atoms with van der Waals surface area (Å²) in [6.07, 6.45) is 1.53. The first-order chi connectivity index (χ1) is 15.1. The van der Waals surface area contributed by atoms with Crippen molar-refractivity contribution in [1.29, 1.82) is 0 Å². The molecule has 6 heteroatoms. The molecule has 3 aromatic carbocycles. The van der Waals surface area contributed by atoms with Crippen molar-refractivity contribution in [3.8, 4) is 0 Å². The number of nitrogens with zero attached hydrogens (tertiary/aromatic N) is 1. The molecule has 1 N–H and O–H groups in total. The second-order valence-corrected chi connectivity index (χ2v) is 7.35. The van der Waals surface area contributed by atoms with Gasteiger partial charge in [-0.05, 0) is 37.3 Å². The van der Waals surface area contributed by atoms with E-state index in [1.54, 1.807) is 0 Å². The van der Waals surface area contributed by atoms with Crippen molar-refractivity contribution in [2.45, 2.75) is 20.4 Å². The summed E-state index contributed by atoms with van der Waals surface area (Å²) in [6.45, 7) is 4.19. The number of furan rings is 1. The van der Waals surface area contributed by atoms with Gasteiger partial charge in [0, 0.05) is 40.9 Å². The van der Waals surface area contributed by atoms with E-state index >= 15 is 0 Å². The average Bonchev–Trinajstić information content (AvgIpc) is 3.35. The number of hydrogen-bond acceptors (Lipinski definition) is 5. The fourth-order valence-corrected chi connectivity index (χ4v) is 4.12. The number of rotatable bonds is 5. The van der Waals surface area contributed by atoms with E-state index in [2.05, 4.69) is 17.0 Å². The van der Waals surface area contributed by atoms with Gasteiger partial charge in [0.25, 0.3) is 0 Å². The van der Waals surface area contributed by atoms with Crippen molar-refractivity contribution in [3.05, 3.63) is 78.1 Å². The minimum absolute atomic E-state index is 0.0243. The number of fused-ring (bicyclic) bond motifs is 5. The van der Waals surface area contributed by atoms with Gasteiger partial charge in [-0.2, -0.15) is 0 Å². The fraction of sp³-hybridized carbons (Fsp3) is 0.120. The maximum absolute atomic E-state index is 13.0. The normalized spacial score (nSPS) is 11.3. The molecule has 2 aromatic heterocycles. The summed E-state index contributed by atoms with van der Waals surface area (Å²) in [5.41, 5.74) is 7.21. The van der Waals surface area contributed by atoms with Crippen molar-refractivity contribution in [2.24, 2.45) is 0 Å². The van der Waals surface area contributed by atoms with Crippen LogP contribution in [0.15, 0.2) is 71.3 Å². The second-order valence-electron chi connectivity index (χ2n) is 7.35. The number of carbonyl (C=O) groups excluding carboxylic acids is 2. The first kappa shape index (κ1) is 18.9. The lowest BCUT2D eigenvalue weighted by Crippen LogP contribution is -2.05. The van der Waals surface area contributed by atoms with E-state index in [9.17, 15) is 9.59 Å². The quantitative estimate of drug-likeness (QED) is 0.297. The van der Waals surface area contributed by atoms with Crippen LogP contribution in [0.3, 0.4) is 0 Å². The number of ketones is 1. The number of aryl methyl sites for hydroxylation is 1. The lowest BCUT2D eigenvalue weighted by molar-refractivity contribution is -0.138. The van der Waals surface area contributed by atoms with Crippen LogP contribution in [0, 0.1) is 0 Å². The van der Waals surface area contributed by atoms with Gasteiger partial charge in [-0.3, -0.25) is 9.59 Å². The smallest absolute Gasteiger partial charge is 0.329 e. The number of carbonyl (C=O) groups is 2. The Morgan fingerprint density at radius 2 is 1.74 bits per heavy atom. The van der Waals surface area contributed by atoms with Gasteiger partial charge in [0.15, 0.2) is 5.78 Å². The largest absolute Gasteiger partial charge is 0.461 e. The van der Waals surface area contributed by atoms with E-state index in [1.807, 2.05) is 60.7 Å². The van der Waals surface area contributed by atoms with Crippen LogP contribution in [0.1, 0.15) is 29.8 Å². The van der Waals surface area contributed by atoms with Crippen molar-refractivity contribution in [2.75, 3.05) is 5.48 Å². The van der Waals surface area contributed by atoms with Crippen LogP contribution in [-0.4, -0.2) is 16.3 Å². The number of nitrogens with one attached hydrogen (secondary N) is 1. The molecule has 5 aromatic rings. The molecule has 0 radical (unpaired) electrons. The zero-order valence-electron chi connectivity index (χ0n) is 17.1. The van der Waals surface area contributed by atoms with Gasteiger partial charge in [0.2, 0.25) is 0 Å². The molecule has 154 valence electrons. The number of aromatic nitrogens is 1. The molecule has 6 nitrogen and oxygen atoms in total. The molecule has 0 unspecified atom stereocenters. The molecule has 0 amide bonds. The zero-order valence-corrected chi connectivity index (χ0v) is 17.1. The Hall–Kier alpha value is -4.06. The number of benzene rings is 3. The molecule has 2 heterocycles. The van der Waals surface area contributed by atoms with Gasteiger partial charge in [0.05, 0.1) is 10.9 Å². The third-order valence-electron chi connectivity index (χ3n) is 5.49. The number of hydrogen-bond donors (Lipinski definition) is 1. The van der Waals surface area contributed by atoms with Gasteiger partial charge in [-0.1, -0.05) is 30.3 Å². The Balaban J connectivity index is 1.74. The summed E-state index contributed by atoms with van der Waals surface area (Å²) < 4.78 is 8.09. The van der Waals surface area contributed by atoms with Crippen molar-refractivity contribution in [3.63, 3.8) is 0 Å². The number of anilines is 1. The highest BCUT2D eigenvalue weighted by Crippen LogP contribution is 2.38. The van der Waals surface area contributed by atoms with Crippen LogP contribution in [0.2, 0.25) is 0 Å². The Labute approximate surface area is 178 Å². The van der Waals surface area contributed by atoms with Crippen LogP contribution < -0.4 is 5.48 Å². The van der Waals surface area contributed by atoms with E-state index in [1.165, 1.54) is 13.2 Å². The van der Waals surface area contributed by atoms with E-state index < -0.39 is 5.97 Å². The minimum Gasteiger partial charge on any atom is -0.461 e. The van der Waals surface area contributed by atoms with Crippen LogP contribution in [0.25, 0.3) is 32.8 Å². The highest BCUT2D eigenvalue weighted by molar-refractivity contribution is 6.22. The van der Waals surface area contributed by atoms with Crippen LogP contribution in [0.5, 0.6) is 0 Å². The third-order valence-corrected chi connectivity index (χ3v) is 5.49. The molecule has 0 spiro atoms. The molecule has 0 bridgehead atoms. The third kappa shape index (κ3) is 3.04. The summed E-state index contributed by atoms with van der Waals surface area (Å²) in [7, 11) is 0. The molecular weight excluding hydrogens is 392 g/mol. The van der Waals surface area contributed by atoms with Crippen molar-refractivity contribution in [1.82, 2.24) is 4.57 Å². The minimum atomic E-state index is -0.443. The Morgan fingerprint density at radius 1 is 0.968 bits per heavy atom. The highest BCUT2D eigenvalue weighted by atomic mass is 16.7. The fourth-order valence-electron chi connectivity index (χ4n) is 4.12. The van der Waals surface area contributed by atoms with Gasteiger partial charge in [-0.25, -0.2) is 5.48 Å². The lowest BCUT2D eigenvalue weighted by atomic mass is 10.0. The summed E-state index contributed by atoms with van der Waals surface area (Å²) >= 11 is 0. The first-order valence-corrected chi connectivity index (χ1v) is 10.1. The Bertz CT molecular complexity index is 1460. The lowest BCUT2D eigenvalue weighted by Gasteiger charge is -2.04. The predicted octanol–water partition coefficient (Wildman–Crippen LogP) is 5.68. The maximum Gasteiger partial charge on any atom is 0.329 e. The van der Waals surface area contributed by atoms with Crippen LogP contribution >= 0.6 is 0 Å². The Morgan fingerprint density at radius 3 is 2.48 bits per heavy atom. The van der Waals surface area contributed by atoms with Crippen LogP contribution in [-0.2, 0) is 16.2 Å². The van der Waals surface area contributed by atoms with Crippen LogP contribution in [0.4, 0.5) is 5.69 Å². The second kappa shape index (κ2) is 7.32. The van der Waals surface area contributed by atoms with E-state index in [0.29, 0.717) is 22.4 Å². The van der Waals surface area contributed by atoms with E-state index in [0.717, 1.165) is 33.7 Å². The van der Waals surface area contributed by atoms with Gasteiger partial charge in [0.1, 0.15) is 17.5 Å². The van der Waals surface area contributed by atoms with Crippen molar-refractivity contribution < 1.29 is 18.8 Å². The molecule has 0 saturated heterocycles. The highest BCUT2D eigenvalue weighted by Gasteiger charge is 2.19. The van der Waals surface area contributed by atoms with Gasteiger partial charge in [-0.15, -0.1) is 0 Å². The summed E-state index contributed by atoms with van der Waals surface area (Å²) in [5.74, 6) is -0.467. The average molecular weight is 412 g/mol. The molecule has 0 saturated carbocycles. The van der Waals surface area contributed by atoms with E-state index in [4.69, 9.17) is 9.25 Å². The van der Waals surface area contributed by atoms with Gasteiger partial charge < -0.3 is 13.8 Å². The predicted molar refractivity (Wildman–Crippen MR) is 120 cm³/mol. The molecule has 31 heavy (non-hydrogen) atoms. The molecule has 0 aliphatic rings. The standard InChI is InChI=1S/C25H20N2O4/c1-3-27-21-11-9-17(24(29)16-7-5-4-6-8-16)13-19(21)23-22(27)12-10-18-20(14-30-25(18)23)26-31-15(2)28/h4-14,26H,3H2,1-2H3. The van der Waals surface area contributed by atoms with E-state index in [-0.39, 0.29) is 5.78 Å². The monoisotopic (exact) mass is 412 g/mol. The molecular formula is C25H20N2O4. The molecule has 0 fully saturated rings. The molecule has 0 atom stereocenters. The van der Waals surface area contributed by atoms with Gasteiger partial charge >= 0.3 is 5.97 Å². The van der Waals surface area contributed by atoms with Crippen molar-refractivity contribution >= 4 is 50.2 Å². The Kier molecular flexibility index (Phi) is 4.47.